The molecule has 18 heavy (non-hydrogen) atoms. The molecule has 0 aliphatic heterocycles. The van der Waals surface area contributed by atoms with E-state index in [9.17, 15) is 9.59 Å². The molecule has 0 heterocycles. The van der Waals surface area contributed by atoms with E-state index in [2.05, 4.69) is 10.6 Å². The van der Waals surface area contributed by atoms with Crippen LogP contribution in [0, 0.1) is 0 Å². The van der Waals surface area contributed by atoms with Crippen molar-refractivity contribution in [3.05, 3.63) is 24.3 Å². The van der Waals surface area contributed by atoms with Crippen LogP contribution in [0.2, 0.25) is 0 Å². The van der Waals surface area contributed by atoms with Crippen molar-refractivity contribution in [2.45, 2.75) is 26.3 Å². The summed E-state index contributed by atoms with van der Waals surface area (Å²) in [6, 6.07) is 6.07. The molecule has 1 aromatic carbocycles. The van der Waals surface area contributed by atoms with E-state index in [1.807, 2.05) is 0 Å². The first-order valence-electron chi connectivity index (χ1n) is 5.81. The third-order valence-electron chi connectivity index (χ3n) is 2.53. The quantitative estimate of drug-likeness (QED) is 0.841. The summed E-state index contributed by atoms with van der Waals surface area (Å²) in [6.45, 7) is 3.43. The van der Waals surface area contributed by atoms with Crippen LogP contribution in [0.3, 0.4) is 0 Å². The summed E-state index contributed by atoms with van der Waals surface area (Å²) in [5.41, 5.74) is 0.643. The van der Waals surface area contributed by atoms with Gasteiger partial charge >= 0.3 is 6.03 Å². The maximum Gasteiger partial charge on any atom is 0.319 e. The third kappa shape index (κ3) is 4.08. The third-order valence-corrected chi connectivity index (χ3v) is 2.53. The number of urea groups is 1. The number of ketones is 1. The summed E-state index contributed by atoms with van der Waals surface area (Å²) >= 11 is 0. The van der Waals surface area contributed by atoms with Gasteiger partial charge in [-0.15, -0.1) is 0 Å². The molecule has 0 fully saturated rings. The van der Waals surface area contributed by atoms with Gasteiger partial charge in [-0.25, -0.2) is 4.79 Å². The number of methoxy groups -OCH3 is 1. The van der Waals surface area contributed by atoms with Crippen molar-refractivity contribution in [2.75, 3.05) is 12.4 Å². The molecule has 0 aliphatic carbocycles. The standard InChI is InChI=1S/C13H18N2O3/c1-4-12(16)9(2)14-13(17)15-10-5-7-11(18-3)8-6-10/h5-9H,4H2,1-3H3,(H2,14,15,17). The molecule has 0 radical (unpaired) electrons. The Morgan fingerprint density at radius 3 is 2.39 bits per heavy atom. The molecule has 0 aliphatic rings. The Labute approximate surface area is 107 Å². The zero-order valence-corrected chi connectivity index (χ0v) is 10.8. The topological polar surface area (TPSA) is 67.4 Å². The smallest absolute Gasteiger partial charge is 0.319 e. The van der Waals surface area contributed by atoms with Crippen LogP contribution in [-0.2, 0) is 4.79 Å². The van der Waals surface area contributed by atoms with Crippen LogP contribution < -0.4 is 15.4 Å². The van der Waals surface area contributed by atoms with Crippen LogP contribution in [0.15, 0.2) is 24.3 Å². The summed E-state index contributed by atoms with van der Waals surface area (Å²) < 4.78 is 5.01. The summed E-state index contributed by atoms with van der Waals surface area (Å²) in [6.07, 6.45) is 0.407. The summed E-state index contributed by atoms with van der Waals surface area (Å²) in [4.78, 5) is 22.9. The average Bonchev–Trinajstić information content (AvgIpc) is 2.38. The molecule has 1 aromatic rings. The number of hydrogen-bond acceptors (Lipinski definition) is 3. The predicted molar refractivity (Wildman–Crippen MR) is 69.9 cm³/mol. The highest BCUT2D eigenvalue weighted by atomic mass is 16.5. The molecule has 5 heteroatoms. The largest absolute Gasteiger partial charge is 0.497 e. The zero-order chi connectivity index (χ0) is 13.5. The lowest BCUT2D eigenvalue weighted by molar-refractivity contribution is -0.120. The van der Waals surface area contributed by atoms with E-state index in [0.29, 0.717) is 12.1 Å². The number of carbonyl (C=O) groups excluding carboxylic acids is 2. The number of ether oxygens (including phenoxy) is 1. The van der Waals surface area contributed by atoms with Crippen LogP contribution in [0.1, 0.15) is 20.3 Å². The van der Waals surface area contributed by atoms with Crippen molar-refractivity contribution in [2.24, 2.45) is 0 Å². The first-order valence-corrected chi connectivity index (χ1v) is 5.81. The second-order valence-electron chi connectivity index (χ2n) is 3.87. The molecular formula is C13H18N2O3. The molecule has 0 saturated carbocycles. The molecular weight excluding hydrogens is 232 g/mol. The fraction of sp³-hybridized carbons (Fsp3) is 0.385. The fourth-order valence-corrected chi connectivity index (χ4v) is 1.42. The Morgan fingerprint density at radius 1 is 1.28 bits per heavy atom. The van der Waals surface area contributed by atoms with E-state index in [4.69, 9.17) is 4.74 Å². The van der Waals surface area contributed by atoms with Crippen LogP contribution in [0.4, 0.5) is 10.5 Å². The molecule has 2 amide bonds. The van der Waals surface area contributed by atoms with Gasteiger partial charge in [0.2, 0.25) is 0 Å². The Morgan fingerprint density at radius 2 is 1.89 bits per heavy atom. The Hall–Kier alpha value is -2.04. The van der Waals surface area contributed by atoms with Gasteiger partial charge in [0, 0.05) is 12.1 Å². The van der Waals surface area contributed by atoms with Gasteiger partial charge < -0.3 is 15.4 Å². The van der Waals surface area contributed by atoms with E-state index >= 15 is 0 Å². The highest BCUT2D eigenvalue weighted by Crippen LogP contribution is 2.14. The lowest BCUT2D eigenvalue weighted by atomic mass is 10.2. The highest BCUT2D eigenvalue weighted by molar-refractivity contribution is 5.94. The van der Waals surface area contributed by atoms with Crippen molar-refractivity contribution < 1.29 is 14.3 Å². The maximum atomic E-state index is 11.6. The van der Waals surface area contributed by atoms with E-state index < -0.39 is 12.1 Å². The van der Waals surface area contributed by atoms with Gasteiger partial charge in [0.05, 0.1) is 13.2 Å². The summed E-state index contributed by atoms with van der Waals surface area (Å²) in [7, 11) is 1.58. The zero-order valence-electron chi connectivity index (χ0n) is 10.8. The van der Waals surface area contributed by atoms with Crippen molar-refractivity contribution in [3.8, 4) is 5.75 Å². The fourth-order valence-electron chi connectivity index (χ4n) is 1.42. The van der Waals surface area contributed by atoms with Gasteiger partial charge in [0.15, 0.2) is 5.78 Å². The van der Waals surface area contributed by atoms with Gasteiger partial charge in [0.25, 0.3) is 0 Å². The number of Topliss-reactive ketones (excluding diaryl/α,β-unsaturated/α-hetero) is 1. The first-order chi connectivity index (χ1) is 8.56. The van der Waals surface area contributed by atoms with E-state index in [1.54, 1.807) is 45.2 Å². The van der Waals surface area contributed by atoms with Crippen molar-refractivity contribution in [3.63, 3.8) is 0 Å². The number of hydrogen-bond donors (Lipinski definition) is 2. The van der Waals surface area contributed by atoms with E-state index in [-0.39, 0.29) is 5.78 Å². The average molecular weight is 250 g/mol. The minimum atomic E-state index is -0.478. The van der Waals surface area contributed by atoms with Gasteiger partial charge in [-0.2, -0.15) is 0 Å². The summed E-state index contributed by atoms with van der Waals surface area (Å²) in [5, 5.41) is 5.22. The van der Waals surface area contributed by atoms with Crippen LogP contribution in [0.25, 0.3) is 0 Å². The Balaban J connectivity index is 2.51. The number of benzene rings is 1. The lowest BCUT2D eigenvalue weighted by Crippen LogP contribution is -2.40. The first kappa shape index (κ1) is 14.0. The lowest BCUT2D eigenvalue weighted by Gasteiger charge is -2.13. The van der Waals surface area contributed by atoms with Crippen molar-refractivity contribution in [1.82, 2.24) is 5.32 Å². The van der Waals surface area contributed by atoms with Gasteiger partial charge in [-0.05, 0) is 31.2 Å². The van der Waals surface area contributed by atoms with Gasteiger partial charge in [-0.3, -0.25) is 4.79 Å². The number of nitrogens with one attached hydrogen (secondary N) is 2. The predicted octanol–water partition coefficient (Wildman–Crippen LogP) is 2.18. The molecule has 1 unspecified atom stereocenters. The Bertz CT molecular complexity index is 415. The van der Waals surface area contributed by atoms with Gasteiger partial charge in [0.1, 0.15) is 5.75 Å². The molecule has 0 aromatic heterocycles. The minimum Gasteiger partial charge on any atom is -0.497 e. The number of rotatable bonds is 5. The van der Waals surface area contributed by atoms with Crippen molar-refractivity contribution >= 4 is 17.5 Å². The molecule has 1 atom stereocenters. The molecule has 0 saturated heterocycles. The van der Waals surface area contributed by atoms with E-state index in [0.717, 1.165) is 5.75 Å². The molecule has 5 nitrogen and oxygen atoms in total. The van der Waals surface area contributed by atoms with Crippen molar-refractivity contribution in [1.29, 1.82) is 0 Å². The number of carbonyl (C=O) groups is 2. The van der Waals surface area contributed by atoms with Crippen LogP contribution in [-0.4, -0.2) is 25.0 Å². The monoisotopic (exact) mass is 250 g/mol. The molecule has 1 rings (SSSR count). The number of anilines is 1. The molecule has 98 valence electrons. The highest BCUT2D eigenvalue weighted by Gasteiger charge is 2.13. The SMILES string of the molecule is CCC(=O)C(C)NC(=O)Nc1ccc(OC)cc1. The van der Waals surface area contributed by atoms with Crippen LogP contribution in [0.5, 0.6) is 5.75 Å². The molecule has 0 bridgehead atoms. The second kappa shape index (κ2) is 6.64. The van der Waals surface area contributed by atoms with Crippen LogP contribution >= 0.6 is 0 Å². The Kier molecular flexibility index (Phi) is 5.17. The molecule has 2 N–H and O–H groups in total. The minimum absolute atomic E-state index is 0.000110. The molecule has 0 spiro atoms. The summed E-state index contributed by atoms with van der Waals surface area (Å²) in [5.74, 6) is 0.718. The van der Waals surface area contributed by atoms with E-state index in [1.165, 1.54) is 0 Å². The maximum absolute atomic E-state index is 11.6. The number of amides is 2. The normalized spacial score (nSPS) is 11.5. The van der Waals surface area contributed by atoms with Gasteiger partial charge in [-0.1, -0.05) is 6.92 Å². The second-order valence-corrected chi connectivity index (χ2v) is 3.87.